The third kappa shape index (κ3) is 2.78. The summed E-state index contributed by atoms with van der Waals surface area (Å²) < 4.78 is 5.34. The minimum atomic E-state index is -0.670. The molecule has 19 heavy (non-hydrogen) atoms. The molecule has 0 aliphatic carbocycles. The summed E-state index contributed by atoms with van der Waals surface area (Å²) in [5.74, 6) is 0.485. The molecule has 104 valence electrons. The molecular formula is C13H18N2O4. The molecule has 0 saturated carbocycles. The van der Waals surface area contributed by atoms with E-state index in [0.717, 1.165) is 5.69 Å². The number of β-amino-alcohol motifs (C(OH)–C–C–N with tert-alkyl or cyclic N) is 1. The quantitative estimate of drug-likeness (QED) is 0.651. The summed E-state index contributed by atoms with van der Waals surface area (Å²) in [5.41, 5.74) is 0.0554. The van der Waals surface area contributed by atoms with Gasteiger partial charge in [-0.25, -0.2) is 0 Å². The Labute approximate surface area is 111 Å². The molecule has 6 nitrogen and oxygen atoms in total. The molecule has 1 aromatic rings. The number of nitro benzene ring substituents is 1. The molecule has 1 fully saturated rings. The number of ether oxygens (including phenoxy) is 1. The van der Waals surface area contributed by atoms with Crippen molar-refractivity contribution in [1.29, 1.82) is 0 Å². The average Bonchev–Trinajstić information content (AvgIpc) is 2.35. The molecule has 1 saturated heterocycles. The van der Waals surface area contributed by atoms with E-state index in [4.69, 9.17) is 4.74 Å². The van der Waals surface area contributed by atoms with Crippen LogP contribution in [-0.2, 0) is 0 Å². The highest BCUT2D eigenvalue weighted by atomic mass is 16.6. The zero-order valence-corrected chi connectivity index (χ0v) is 11.1. The van der Waals surface area contributed by atoms with Crippen LogP contribution in [0.4, 0.5) is 11.4 Å². The van der Waals surface area contributed by atoms with Crippen LogP contribution in [0.5, 0.6) is 5.75 Å². The van der Waals surface area contributed by atoms with Crippen LogP contribution in [-0.4, -0.2) is 35.3 Å². The summed E-state index contributed by atoms with van der Waals surface area (Å²) in [4.78, 5) is 12.4. The van der Waals surface area contributed by atoms with E-state index in [0.29, 0.717) is 31.9 Å². The first-order valence-electron chi connectivity index (χ1n) is 6.37. The Hall–Kier alpha value is -1.82. The number of hydrogen-bond acceptors (Lipinski definition) is 5. The predicted molar refractivity (Wildman–Crippen MR) is 71.7 cm³/mol. The van der Waals surface area contributed by atoms with Gasteiger partial charge in [0.25, 0.3) is 5.69 Å². The van der Waals surface area contributed by atoms with Crippen LogP contribution >= 0.6 is 0 Å². The molecule has 0 atom stereocenters. The molecular weight excluding hydrogens is 248 g/mol. The Morgan fingerprint density at radius 3 is 2.63 bits per heavy atom. The monoisotopic (exact) mass is 266 g/mol. The van der Waals surface area contributed by atoms with Crippen molar-refractivity contribution in [2.24, 2.45) is 0 Å². The molecule has 0 unspecified atom stereocenters. The topological polar surface area (TPSA) is 75.8 Å². The summed E-state index contributed by atoms with van der Waals surface area (Å²) in [6.07, 6.45) is 0.677. The lowest BCUT2D eigenvalue weighted by Gasteiger charge is -2.47. The van der Waals surface area contributed by atoms with Gasteiger partial charge in [0.2, 0.25) is 0 Å². The van der Waals surface area contributed by atoms with E-state index in [-0.39, 0.29) is 5.69 Å². The molecule has 0 spiro atoms. The normalized spacial score (nSPS) is 16.9. The fourth-order valence-electron chi connectivity index (χ4n) is 2.18. The molecule has 2 rings (SSSR count). The van der Waals surface area contributed by atoms with E-state index < -0.39 is 10.5 Å². The maximum absolute atomic E-state index is 10.9. The highest BCUT2D eigenvalue weighted by Crippen LogP contribution is 2.34. The molecule has 1 N–H and O–H groups in total. The van der Waals surface area contributed by atoms with Crippen molar-refractivity contribution in [2.75, 3.05) is 24.6 Å². The Balaban J connectivity index is 2.23. The van der Waals surface area contributed by atoms with E-state index in [1.165, 1.54) is 12.1 Å². The largest absolute Gasteiger partial charge is 0.494 e. The molecule has 6 heteroatoms. The van der Waals surface area contributed by atoms with Crippen LogP contribution in [0.1, 0.15) is 20.3 Å². The van der Waals surface area contributed by atoms with Crippen LogP contribution in [0.25, 0.3) is 0 Å². The van der Waals surface area contributed by atoms with Crippen molar-refractivity contribution in [1.82, 2.24) is 0 Å². The van der Waals surface area contributed by atoms with Crippen molar-refractivity contribution in [3.8, 4) is 5.75 Å². The van der Waals surface area contributed by atoms with Gasteiger partial charge in [0.1, 0.15) is 5.75 Å². The highest BCUT2D eigenvalue weighted by molar-refractivity contribution is 5.60. The van der Waals surface area contributed by atoms with Gasteiger partial charge in [0.15, 0.2) is 0 Å². The van der Waals surface area contributed by atoms with Gasteiger partial charge in [0, 0.05) is 30.9 Å². The Kier molecular flexibility index (Phi) is 3.61. The zero-order chi connectivity index (χ0) is 14.0. The number of hydrogen-bond donors (Lipinski definition) is 1. The summed E-state index contributed by atoms with van der Waals surface area (Å²) in [7, 11) is 0. The smallest absolute Gasteiger partial charge is 0.275 e. The SMILES string of the molecule is CCOc1cc(N2CC(O)(CC)C2)cc([N+](=O)[O-])c1. The number of rotatable bonds is 5. The number of aliphatic hydroxyl groups is 1. The molecule has 0 aromatic heterocycles. The number of benzene rings is 1. The molecule has 1 aromatic carbocycles. The van der Waals surface area contributed by atoms with Crippen LogP contribution < -0.4 is 9.64 Å². The second-order valence-corrected chi connectivity index (χ2v) is 4.81. The van der Waals surface area contributed by atoms with Gasteiger partial charge in [-0.15, -0.1) is 0 Å². The van der Waals surface area contributed by atoms with E-state index >= 15 is 0 Å². The van der Waals surface area contributed by atoms with E-state index in [2.05, 4.69) is 0 Å². The number of nitrogens with zero attached hydrogens (tertiary/aromatic N) is 2. The van der Waals surface area contributed by atoms with Gasteiger partial charge < -0.3 is 14.7 Å². The van der Waals surface area contributed by atoms with Crippen LogP contribution in [0.15, 0.2) is 18.2 Å². The second kappa shape index (κ2) is 5.05. The minimum absolute atomic E-state index is 0.00730. The van der Waals surface area contributed by atoms with Crippen molar-refractivity contribution >= 4 is 11.4 Å². The average molecular weight is 266 g/mol. The first-order valence-corrected chi connectivity index (χ1v) is 6.37. The van der Waals surface area contributed by atoms with Crippen LogP contribution in [0.2, 0.25) is 0 Å². The highest BCUT2D eigenvalue weighted by Gasteiger charge is 2.40. The van der Waals surface area contributed by atoms with E-state index in [1.54, 1.807) is 6.07 Å². The van der Waals surface area contributed by atoms with Gasteiger partial charge in [-0.2, -0.15) is 0 Å². The molecule has 1 heterocycles. The van der Waals surface area contributed by atoms with Gasteiger partial charge >= 0.3 is 0 Å². The van der Waals surface area contributed by atoms with E-state index in [1.807, 2.05) is 18.7 Å². The lowest BCUT2D eigenvalue weighted by atomic mass is 9.91. The van der Waals surface area contributed by atoms with Gasteiger partial charge in [-0.3, -0.25) is 10.1 Å². The number of nitro groups is 1. The van der Waals surface area contributed by atoms with Gasteiger partial charge in [0.05, 0.1) is 23.2 Å². The summed E-state index contributed by atoms with van der Waals surface area (Å²) in [5, 5.41) is 20.9. The first-order chi connectivity index (χ1) is 8.97. The maximum Gasteiger partial charge on any atom is 0.275 e. The van der Waals surface area contributed by atoms with Crippen LogP contribution in [0.3, 0.4) is 0 Å². The minimum Gasteiger partial charge on any atom is -0.494 e. The second-order valence-electron chi connectivity index (χ2n) is 4.81. The van der Waals surface area contributed by atoms with Crippen molar-refractivity contribution < 1.29 is 14.8 Å². The Bertz CT molecular complexity index is 484. The van der Waals surface area contributed by atoms with Crippen molar-refractivity contribution in [2.45, 2.75) is 25.9 Å². The molecule has 0 bridgehead atoms. The van der Waals surface area contributed by atoms with Crippen molar-refractivity contribution in [3.63, 3.8) is 0 Å². The van der Waals surface area contributed by atoms with E-state index in [9.17, 15) is 15.2 Å². The number of anilines is 1. The lowest BCUT2D eigenvalue weighted by Crippen LogP contribution is -2.61. The first kappa shape index (κ1) is 13.6. The summed E-state index contributed by atoms with van der Waals surface area (Å²) in [6, 6.07) is 4.70. The third-order valence-electron chi connectivity index (χ3n) is 3.39. The Morgan fingerprint density at radius 2 is 2.11 bits per heavy atom. The molecule has 1 aliphatic heterocycles. The third-order valence-corrected chi connectivity index (χ3v) is 3.39. The number of non-ortho nitro benzene ring substituents is 1. The molecule has 0 radical (unpaired) electrons. The fraction of sp³-hybridized carbons (Fsp3) is 0.538. The standard InChI is InChI=1S/C13H18N2O4/c1-3-13(16)8-14(9-13)10-5-11(15(17)18)7-12(6-10)19-4-2/h5-7,16H,3-4,8-9H2,1-2H3. The molecule has 0 amide bonds. The summed E-state index contributed by atoms with van der Waals surface area (Å²) in [6.45, 7) is 5.21. The van der Waals surface area contributed by atoms with Crippen molar-refractivity contribution in [3.05, 3.63) is 28.3 Å². The lowest BCUT2D eigenvalue weighted by molar-refractivity contribution is -0.384. The molecule has 1 aliphatic rings. The summed E-state index contributed by atoms with van der Waals surface area (Å²) >= 11 is 0. The maximum atomic E-state index is 10.9. The van der Waals surface area contributed by atoms with Gasteiger partial charge in [-0.1, -0.05) is 6.92 Å². The zero-order valence-electron chi connectivity index (χ0n) is 11.1. The fourth-order valence-corrected chi connectivity index (χ4v) is 2.18. The Morgan fingerprint density at radius 1 is 1.42 bits per heavy atom. The predicted octanol–water partition coefficient (Wildman–Crippen LogP) is 1.95. The van der Waals surface area contributed by atoms with Gasteiger partial charge in [-0.05, 0) is 13.3 Å². The van der Waals surface area contributed by atoms with Crippen LogP contribution in [0, 0.1) is 10.1 Å².